The van der Waals surface area contributed by atoms with E-state index >= 15 is 0 Å². The van der Waals surface area contributed by atoms with Crippen molar-refractivity contribution in [2.24, 2.45) is 0 Å². The van der Waals surface area contributed by atoms with E-state index in [0.29, 0.717) is 41.4 Å². The molecule has 1 saturated heterocycles. The molecule has 2 fully saturated rings. The van der Waals surface area contributed by atoms with Crippen molar-refractivity contribution in [1.29, 1.82) is 0 Å². The quantitative estimate of drug-likeness (QED) is 0.547. The van der Waals surface area contributed by atoms with E-state index in [9.17, 15) is 9.59 Å². The minimum Gasteiger partial charge on any atom is -0.413 e. The number of hydrogen-bond acceptors (Lipinski definition) is 5. The van der Waals surface area contributed by atoms with Gasteiger partial charge in [-0.05, 0) is 36.4 Å². The van der Waals surface area contributed by atoms with Crippen LogP contribution in [-0.2, 0) is 9.16 Å². The average Bonchev–Trinajstić information content (AvgIpc) is 2.76. The topological polar surface area (TPSA) is 76.6 Å². The van der Waals surface area contributed by atoms with E-state index in [4.69, 9.17) is 9.16 Å². The van der Waals surface area contributed by atoms with E-state index < -0.39 is 20.2 Å². The van der Waals surface area contributed by atoms with Gasteiger partial charge in [-0.15, -0.1) is 0 Å². The van der Waals surface area contributed by atoms with E-state index in [2.05, 4.69) is 51.4 Å². The van der Waals surface area contributed by atoms with Gasteiger partial charge >= 0.3 is 5.69 Å². The number of H-pyrrole nitrogens is 1. The zero-order chi connectivity index (χ0) is 24.3. The number of morpholine rings is 1. The Hall–Kier alpha value is -1.22. The third-order valence-corrected chi connectivity index (χ3v) is 13.9. The Kier molecular flexibility index (Phi) is 8.81. The van der Waals surface area contributed by atoms with Crippen LogP contribution in [0.3, 0.4) is 0 Å². The third kappa shape index (κ3) is 5.72. The van der Waals surface area contributed by atoms with Crippen LogP contribution in [0.1, 0.15) is 85.4 Å². The second-order valence-electron chi connectivity index (χ2n) is 10.9. The number of aryl methyl sites for hydroxylation is 1. The minimum absolute atomic E-state index is 0.342. The zero-order valence-corrected chi connectivity index (χ0v) is 22.6. The van der Waals surface area contributed by atoms with Crippen molar-refractivity contribution in [2.45, 2.75) is 109 Å². The third-order valence-electron chi connectivity index (χ3n) is 7.81. The summed E-state index contributed by atoms with van der Waals surface area (Å²) >= 11 is 0. The number of aromatic amines is 1. The summed E-state index contributed by atoms with van der Waals surface area (Å²) in [5.74, 6) is 0. The number of nitrogens with one attached hydrogen (secondary N) is 1. The van der Waals surface area contributed by atoms with Gasteiger partial charge in [0.15, 0.2) is 14.5 Å². The average molecular weight is 479 g/mol. The highest BCUT2D eigenvalue weighted by molar-refractivity contribution is 6.77. The molecule has 33 heavy (non-hydrogen) atoms. The highest BCUT2D eigenvalue weighted by Gasteiger charge is 2.46. The van der Waals surface area contributed by atoms with E-state index in [0.717, 1.165) is 12.6 Å². The molecule has 1 radical (unpaired) electrons. The fraction of sp³-hybridized carbons (Fsp3) is 0.800. The second-order valence-corrected chi connectivity index (χ2v) is 16.4. The van der Waals surface area contributed by atoms with Crippen LogP contribution in [0.15, 0.2) is 15.8 Å². The Labute approximate surface area is 200 Å². The van der Waals surface area contributed by atoms with Crippen LogP contribution < -0.4 is 11.2 Å². The molecule has 1 aromatic rings. The first-order chi connectivity index (χ1) is 15.6. The van der Waals surface area contributed by atoms with Gasteiger partial charge in [-0.1, -0.05) is 60.8 Å². The molecular weight excluding hydrogens is 434 g/mol. The van der Waals surface area contributed by atoms with Crippen molar-refractivity contribution in [2.75, 3.05) is 19.7 Å². The molecule has 1 N–H and O–H groups in total. The van der Waals surface area contributed by atoms with Crippen LogP contribution in [-0.4, -0.2) is 48.5 Å². The standard InChI is InChI=1S/C25H44N3O4Si/c1-17(2)33(18(3)4,19(5)6)31-16-22-14-27(21-11-9-8-10-12-21)15-23(32-22)28-13-20(7)24(29)26-25(28)30/h13,17-19,21,23H,8-12,14-16H2,1-7H3,(H,26,29,30)/t23-/m1/s1. The lowest BCUT2D eigenvalue weighted by molar-refractivity contribution is -0.0924. The monoisotopic (exact) mass is 478 g/mol. The molecule has 0 bridgehead atoms. The highest BCUT2D eigenvalue weighted by atomic mass is 28.4. The fourth-order valence-corrected chi connectivity index (χ4v) is 11.6. The molecule has 0 aromatic carbocycles. The first-order valence-corrected chi connectivity index (χ1v) is 14.9. The molecule has 3 rings (SSSR count). The van der Waals surface area contributed by atoms with Crippen molar-refractivity contribution >= 4 is 8.32 Å². The summed E-state index contributed by atoms with van der Waals surface area (Å²) in [7, 11) is -2.04. The van der Waals surface area contributed by atoms with Crippen LogP contribution in [0.25, 0.3) is 0 Å². The maximum absolute atomic E-state index is 12.6. The van der Waals surface area contributed by atoms with Crippen LogP contribution in [0.4, 0.5) is 0 Å². The minimum atomic E-state index is -2.04. The van der Waals surface area contributed by atoms with E-state index in [1.807, 2.05) is 0 Å². The summed E-state index contributed by atoms with van der Waals surface area (Å²) in [6.45, 7) is 17.3. The molecule has 187 valence electrons. The fourth-order valence-electron chi connectivity index (χ4n) is 6.21. The number of aromatic nitrogens is 2. The SMILES string of the molecule is Cc1cn([C@H]2CN(C3CCCCC3)C[C](CO[Si](C(C)C)(C(C)C)C(C)C)O2)c(=O)[nH]c1=O. The van der Waals surface area contributed by atoms with Crippen LogP contribution >= 0.6 is 0 Å². The first-order valence-electron chi connectivity index (χ1n) is 12.8. The van der Waals surface area contributed by atoms with Crippen LogP contribution in [0.2, 0.25) is 16.6 Å². The summed E-state index contributed by atoms with van der Waals surface area (Å²) in [6, 6.07) is 0.502. The largest absolute Gasteiger partial charge is 0.413 e. The van der Waals surface area contributed by atoms with E-state index in [1.54, 1.807) is 17.7 Å². The number of rotatable bonds is 8. The summed E-state index contributed by atoms with van der Waals surface area (Å²) in [6.07, 6.45) is 8.23. The van der Waals surface area contributed by atoms with Crippen molar-refractivity contribution in [3.8, 4) is 0 Å². The van der Waals surface area contributed by atoms with Crippen molar-refractivity contribution in [3.05, 3.63) is 38.7 Å². The number of ether oxygens (including phenoxy) is 1. The summed E-state index contributed by atoms with van der Waals surface area (Å²) in [5, 5.41) is 0. The normalized spacial score (nSPS) is 22.1. The Bertz CT molecular complexity index is 867. The lowest BCUT2D eigenvalue weighted by Crippen LogP contribution is -2.53. The van der Waals surface area contributed by atoms with E-state index in [-0.39, 0.29) is 5.56 Å². The van der Waals surface area contributed by atoms with Gasteiger partial charge in [-0.3, -0.25) is 19.2 Å². The second kappa shape index (κ2) is 11.0. The Balaban J connectivity index is 1.86. The van der Waals surface area contributed by atoms with Crippen LogP contribution in [0, 0.1) is 13.0 Å². The maximum atomic E-state index is 12.6. The predicted molar refractivity (Wildman–Crippen MR) is 135 cm³/mol. The highest BCUT2D eigenvalue weighted by Crippen LogP contribution is 2.43. The molecule has 1 saturated carbocycles. The molecule has 2 heterocycles. The Morgan fingerprint density at radius 1 is 1.06 bits per heavy atom. The zero-order valence-electron chi connectivity index (χ0n) is 21.6. The molecule has 1 aliphatic carbocycles. The molecule has 0 unspecified atom stereocenters. The molecule has 1 aromatic heterocycles. The Morgan fingerprint density at radius 2 is 1.67 bits per heavy atom. The molecule has 7 nitrogen and oxygen atoms in total. The molecule has 1 aliphatic heterocycles. The smallest absolute Gasteiger partial charge is 0.330 e. The summed E-state index contributed by atoms with van der Waals surface area (Å²) in [4.78, 5) is 29.5. The maximum Gasteiger partial charge on any atom is 0.330 e. The Morgan fingerprint density at radius 3 is 2.24 bits per heavy atom. The van der Waals surface area contributed by atoms with Gasteiger partial charge in [-0.25, -0.2) is 4.79 Å². The van der Waals surface area contributed by atoms with Gasteiger partial charge in [0.05, 0.1) is 6.61 Å². The number of nitrogens with zero attached hydrogens (tertiary/aromatic N) is 2. The van der Waals surface area contributed by atoms with Crippen molar-refractivity contribution < 1.29 is 9.16 Å². The van der Waals surface area contributed by atoms with Crippen molar-refractivity contribution in [1.82, 2.24) is 14.5 Å². The van der Waals surface area contributed by atoms with Gasteiger partial charge in [0.25, 0.3) is 5.56 Å². The first kappa shape index (κ1) is 26.4. The van der Waals surface area contributed by atoms with Gasteiger partial charge < -0.3 is 9.16 Å². The number of hydrogen-bond donors (Lipinski definition) is 1. The van der Waals surface area contributed by atoms with E-state index in [1.165, 1.54) is 32.1 Å². The molecule has 0 amide bonds. The summed E-state index contributed by atoms with van der Waals surface area (Å²) < 4.78 is 14.8. The lowest BCUT2D eigenvalue weighted by Gasteiger charge is -2.46. The van der Waals surface area contributed by atoms with Gasteiger partial charge in [-0.2, -0.15) is 0 Å². The molecule has 1 atom stereocenters. The van der Waals surface area contributed by atoms with Crippen LogP contribution in [0.5, 0.6) is 0 Å². The van der Waals surface area contributed by atoms with Crippen molar-refractivity contribution in [3.63, 3.8) is 0 Å². The van der Waals surface area contributed by atoms with Gasteiger partial charge in [0, 0.05) is 30.9 Å². The molecule has 8 heteroatoms. The molecule has 0 spiro atoms. The predicted octanol–water partition coefficient (Wildman–Crippen LogP) is 4.73. The molecule has 2 aliphatic rings. The molecular formula is C25H44N3O4Si. The summed E-state index contributed by atoms with van der Waals surface area (Å²) in [5.41, 5.74) is 1.24. The van der Waals surface area contributed by atoms with Gasteiger partial charge in [0.1, 0.15) is 6.10 Å². The van der Waals surface area contributed by atoms with Gasteiger partial charge in [0.2, 0.25) is 0 Å². The lowest BCUT2D eigenvalue weighted by atomic mass is 9.93.